The Morgan fingerprint density at radius 2 is 1.85 bits per heavy atom. The summed E-state index contributed by atoms with van der Waals surface area (Å²) in [7, 11) is 0. The summed E-state index contributed by atoms with van der Waals surface area (Å²) in [6.45, 7) is 1.78. The molecule has 1 aromatic heterocycles. The highest BCUT2D eigenvalue weighted by Crippen LogP contribution is 2.28. The molecule has 3 aromatic rings. The molecule has 1 aliphatic rings. The standard InChI is InChI=1S/C23H25ClN4O3S3/c24-17-6-4-16(5-7-17)23(29)26-15-20-8-9-22(32-20)34(31)28-12-10-18(11-13-28)27-19-2-1-3-21(14-19)33(25)30/h1-9,14,18,27H,10-13,15,25H2,(H,26,29). The molecular formula is C23H25ClN4O3S3. The lowest BCUT2D eigenvalue weighted by molar-refractivity contribution is 0.0951. The fraction of sp³-hybridized carbons (Fsp3) is 0.261. The molecule has 180 valence electrons. The van der Waals surface area contributed by atoms with Crippen molar-refractivity contribution < 1.29 is 13.9 Å². The molecule has 11 heteroatoms. The molecule has 2 atom stereocenters. The second-order valence-electron chi connectivity index (χ2n) is 7.83. The van der Waals surface area contributed by atoms with Crippen LogP contribution in [0.15, 0.2) is 69.8 Å². The molecule has 0 saturated carbocycles. The van der Waals surface area contributed by atoms with E-state index in [4.69, 9.17) is 16.7 Å². The maximum atomic E-state index is 13.1. The molecule has 0 aliphatic carbocycles. The number of rotatable bonds is 8. The Morgan fingerprint density at radius 1 is 1.12 bits per heavy atom. The van der Waals surface area contributed by atoms with Gasteiger partial charge in [0.15, 0.2) is 4.90 Å². The number of anilines is 1. The van der Waals surface area contributed by atoms with Crippen LogP contribution in [0.1, 0.15) is 28.1 Å². The summed E-state index contributed by atoms with van der Waals surface area (Å²) in [5.74, 6) is -0.175. The zero-order chi connectivity index (χ0) is 24.1. The molecule has 4 rings (SSSR count). The highest BCUT2D eigenvalue weighted by Gasteiger charge is 2.29. The number of benzene rings is 2. The quantitative estimate of drug-likeness (QED) is 0.376. The van der Waals surface area contributed by atoms with Crippen molar-refractivity contribution in [1.82, 2.24) is 9.62 Å². The Labute approximate surface area is 214 Å². The fourth-order valence-electron chi connectivity index (χ4n) is 3.66. The predicted molar refractivity (Wildman–Crippen MR) is 139 cm³/mol. The van der Waals surface area contributed by atoms with E-state index >= 15 is 0 Å². The number of amides is 1. The molecule has 2 heterocycles. The van der Waals surface area contributed by atoms with Crippen LogP contribution in [0.25, 0.3) is 0 Å². The summed E-state index contributed by atoms with van der Waals surface area (Å²) in [4.78, 5) is 13.8. The van der Waals surface area contributed by atoms with Crippen molar-refractivity contribution in [3.05, 3.63) is 76.1 Å². The zero-order valence-corrected chi connectivity index (χ0v) is 21.4. The predicted octanol–water partition coefficient (Wildman–Crippen LogP) is 3.91. The molecule has 7 nitrogen and oxygen atoms in total. The van der Waals surface area contributed by atoms with Crippen molar-refractivity contribution in [2.45, 2.75) is 34.5 Å². The maximum Gasteiger partial charge on any atom is 0.251 e. The zero-order valence-electron chi connectivity index (χ0n) is 18.2. The lowest BCUT2D eigenvalue weighted by Gasteiger charge is -2.32. The molecule has 1 amide bonds. The van der Waals surface area contributed by atoms with Crippen LogP contribution in [0, 0.1) is 0 Å². The van der Waals surface area contributed by atoms with Crippen molar-refractivity contribution in [3.63, 3.8) is 0 Å². The Morgan fingerprint density at radius 3 is 2.56 bits per heavy atom. The van der Waals surface area contributed by atoms with Gasteiger partial charge >= 0.3 is 0 Å². The Kier molecular flexibility index (Phi) is 8.78. The van der Waals surface area contributed by atoms with E-state index < -0.39 is 22.7 Å². The first-order valence-corrected chi connectivity index (χ1v) is 14.2. The Balaban J connectivity index is 1.26. The summed E-state index contributed by atoms with van der Waals surface area (Å²) in [5.41, 5.74) is 1.43. The first kappa shape index (κ1) is 25.3. The Hall–Kier alpha value is -1.76. The molecule has 0 bridgehead atoms. The molecule has 1 saturated heterocycles. The summed E-state index contributed by atoms with van der Waals surface area (Å²) >= 11 is 4.57. The van der Waals surface area contributed by atoms with E-state index in [9.17, 15) is 13.9 Å². The van der Waals surface area contributed by atoms with Crippen LogP contribution in [0.3, 0.4) is 0 Å². The number of nitrogens with one attached hydrogen (secondary N) is 2. The summed E-state index contributed by atoms with van der Waals surface area (Å²) in [6, 6.07) is 18.1. The van der Waals surface area contributed by atoms with Crippen molar-refractivity contribution >= 4 is 57.3 Å². The van der Waals surface area contributed by atoms with Gasteiger partial charge in [0.25, 0.3) is 5.91 Å². The van der Waals surface area contributed by atoms with Gasteiger partial charge in [0.05, 0.1) is 29.3 Å². The summed E-state index contributed by atoms with van der Waals surface area (Å²) in [6.07, 6.45) is 1.69. The largest absolute Gasteiger partial charge is 0.593 e. The van der Waals surface area contributed by atoms with Gasteiger partial charge in [-0.25, -0.2) is 0 Å². The van der Waals surface area contributed by atoms with Crippen LogP contribution in [-0.4, -0.2) is 38.4 Å². The number of hydrogen-bond donors (Lipinski definition) is 3. The van der Waals surface area contributed by atoms with Gasteiger partial charge in [-0.05, 0) is 55.3 Å². The van der Waals surface area contributed by atoms with Crippen molar-refractivity contribution in [3.8, 4) is 0 Å². The molecule has 0 spiro atoms. The normalized spacial score (nSPS) is 16.7. The average Bonchev–Trinajstić information content (AvgIpc) is 3.32. The molecule has 2 aromatic carbocycles. The first-order chi connectivity index (χ1) is 16.4. The van der Waals surface area contributed by atoms with Crippen molar-refractivity contribution in [2.75, 3.05) is 18.4 Å². The lowest BCUT2D eigenvalue weighted by atomic mass is 10.1. The van der Waals surface area contributed by atoms with Gasteiger partial charge in [-0.15, -0.1) is 9.44 Å². The first-order valence-electron chi connectivity index (χ1n) is 10.7. The second kappa shape index (κ2) is 11.8. The van der Waals surface area contributed by atoms with Gasteiger partial charge in [0.2, 0.25) is 4.21 Å². The van der Waals surface area contributed by atoms with E-state index in [1.165, 1.54) is 11.3 Å². The fourth-order valence-corrected chi connectivity index (χ4v) is 6.82. The van der Waals surface area contributed by atoms with Crippen LogP contribution in [0.4, 0.5) is 5.69 Å². The molecule has 4 N–H and O–H groups in total. The summed E-state index contributed by atoms with van der Waals surface area (Å²) < 4.78 is 27.3. The highest BCUT2D eigenvalue weighted by molar-refractivity contribution is 7.91. The molecular weight excluding hydrogens is 512 g/mol. The third-order valence-corrected chi connectivity index (χ3v) is 9.31. The van der Waals surface area contributed by atoms with Gasteiger partial charge in [0.1, 0.15) is 0 Å². The maximum absolute atomic E-state index is 13.1. The van der Waals surface area contributed by atoms with Gasteiger partial charge in [-0.3, -0.25) is 4.79 Å². The summed E-state index contributed by atoms with van der Waals surface area (Å²) in [5, 5.41) is 12.4. The van der Waals surface area contributed by atoms with Crippen LogP contribution in [0.2, 0.25) is 5.02 Å². The van der Waals surface area contributed by atoms with E-state index in [0.717, 1.165) is 27.6 Å². The van der Waals surface area contributed by atoms with Gasteiger partial charge in [-0.2, -0.15) is 0 Å². The third-order valence-electron chi connectivity index (χ3n) is 5.46. The van der Waals surface area contributed by atoms with Gasteiger partial charge in [-0.1, -0.05) is 29.0 Å². The van der Waals surface area contributed by atoms with E-state index in [-0.39, 0.29) is 11.9 Å². The molecule has 0 radical (unpaired) electrons. The minimum atomic E-state index is -1.51. The molecule has 2 unspecified atom stereocenters. The van der Waals surface area contributed by atoms with E-state index in [0.29, 0.717) is 35.1 Å². The number of carbonyl (C=O) groups is 1. The number of piperidine rings is 1. The van der Waals surface area contributed by atoms with E-state index in [1.807, 2.05) is 28.6 Å². The highest BCUT2D eigenvalue weighted by atomic mass is 35.5. The van der Waals surface area contributed by atoms with Crippen LogP contribution >= 0.6 is 22.9 Å². The number of nitrogens with zero attached hydrogens (tertiary/aromatic N) is 1. The number of thiophene rings is 1. The van der Waals surface area contributed by atoms with Crippen molar-refractivity contribution in [2.24, 2.45) is 5.14 Å². The number of hydrogen-bond acceptors (Lipinski definition) is 7. The van der Waals surface area contributed by atoms with Crippen LogP contribution < -0.4 is 15.8 Å². The SMILES string of the molecule is N[S+]([O-])c1cccc(NC2CCN([S+]([O-])c3ccc(CNC(=O)c4ccc(Cl)cc4)s3)CC2)c1. The Bertz CT molecular complexity index is 1100. The monoisotopic (exact) mass is 536 g/mol. The third kappa shape index (κ3) is 6.67. The average molecular weight is 537 g/mol. The van der Waals surface area contributed by atoms with Crippen LogP contribution in [0.5, 0.6) is 0 Å². The molecule has 1 fully saturated rings. The second-order valence-corrected chi connectivity index (χ2v) is 12.2. The number of halogens is 1. The van der Waals surface area contributed by atoms with Gasteiger partial charge in [0, 0.05) is 52.4 Å². The molecule has 1 aliphatic heterocycles. The number of nitrogens with two attached hydrogens (primary N) is 1. The number of carbonyl (C=O) groups excluding carboxylic acids is 1. The van der Waals surface area contributed by atoms with Gasteiger partial charge < -0.3 is 19.7 Å². The minimum absolute atomic E-state index is 0.175. The minimum Gasteiger partial charge on any atom is -0.593 e. The van der Waals surface area contributed by atoms with Crippen molar-refractivity contribution in [1.29, 1.82) is 0 Å². The lowest BCUT2D eigenvalue weighted by Crippen LogP contribution is -2.42. The smallest absolute Gasteiger partial charge is 0.251 e. The van der Waals surface area contributed by atoms with E-state index in [2.05, 4.69) is 10.6 Å². The van der Waals surface area contributed by atoms with Crippen LogP contribution in [-0.2, 0) is 29.3 Å². The molecule has 34 heavy (non-hydrogen) atoms. The van der Waals surface area contributed by atoms with E-state index in [1.54, 1.807) is 36.4 Å². The topological polar surface area (TPSA) is 117 Å².